The van der Waals surface area contributed by atoms with E-state index in [9.17, 15) is 4.79 Å². The molecule has 1 heterocycles. The number of ether oxygens (including phenoxy) is 2. The van der Waals surface area contributed by atoms with E-state index in [1.807, 2.05) is 0 Å². The quantitative estimate of drug-likeness (QED) is 0.514. The lowest BCUT2D eigenvalue weighted by Crippen LogP contribution is -2.49. The van der Waals surface area contributed by atoms with Crippen molar-refractivity contribution in [1.29, 1.82) is 0 Å². The molecular weight excluding hydrogens is 392 g/mol. The maximum absolute atomic E-state index is 12.1. The fourth-order valence-electron chi connectivity index (χ4n) is 4.03. The summed E-state index contributed by atoms with van der Waals surface area (Å²) >= 11 is 0. The van der Waals surface area contributed by atoms with E-state index in [1.165, 1.54) is 19.3 Å². The Bertz CT molecular complexity index is 759. The van der Waals surface area contributed by atoms with E-state index in [-0.39, 0.29) is 18.6 Å². The molecule has 0 spiro atoms. The van der Waals surface area contributed by atoms with Crippen molar-refractivity contribution in [3.63, 3.8) is 0 Å². The van der Waals surface area contributed by atoms with Gasteiger partial charge in [0, 0.05) is 32.1 Å². The van der Waals surface area contributed by atoms with Crippen LogP contribution in [0.2, 0.25) is 0 Å². The molecule has 1 saturated heterocycles. The Morgan fingerprint density at radius 3 is 2.77 bits per heavy atom. The number of rotatable bonds is 7. The van der Waals surface area contributed by atoms with Crippen molar-refractivity contribution in [2.75, 3.05) is 33.9 Å². The van der Waals surface area contributed by atoms with E-state index >= 15 is 0 Å². The summed E-state index contributed by atoms with van der Waals surface area (Å²) < 4.78 is 11.7. The minimum atomic E-state index is 0.0202. The molecule has 1 aromatic carbocycles. The van der Waals surface area contributed by atoms with Gasteiger partial charge in [-0.2, -0.15) is 0 Å². The number of hydrogen-bond donors (Lipinski definition) is 2. The van der Waals surface area contributed by atoms with Crippen molar-refractivity contribution >= 4 is 11.9 Å². The largest absolute Gasteiger partial charge is 0.488 e. The zero-order valence-electron chi connectivity index (χ0n) is 19.4. The molecule has 3 atom stereocenters. The molecule has 1 saturated carbocycles. The van der Waals surface area contributed by atoms with Crippen molar-refractivity contribution in [2.24, 2.45) is 10.9 Å². The molecule has 7 heteroatoms. The number of guanidine groups is 1. The van der Waals surface area contributed by atoms with Crippen LogP contribution in [0, 0.1) is 12.8 Å². The van der Waals surface area contributed by atoms with Gasteiger partial charge in [0.05, 0.1) is 26.3 Å². The van der Waals surface area contributed by atoms with Crippen LogP contribution in [0.1, 0.15) is 50.2 Å². The number of aliphatic imine (C=N–C) groups is 1. The first-order valence-electron chi connectivity index (χ1n) is 11.5. The summed E-state index contributed by atoms with van der Waals surface area (Å²) in [5, 5.41) is 6.81. The van der Waals surface area contributed by atoms with Crippen molar-refractivity contribution in [1.82, 2.24) is 15.5 Å². The van der Waals surface area contributed by atoms with Gasteiger partial charge >= 0.3 is 0 Å². The van der Waals surface area contributed by atoms with Gasteiger partial charge in [0.15, 0.2) is 5.96 Å². The molecule has 1 aliphatic carbocycles. The Morgan fingerprint density at radius 2 is 2.06 bits per heavy atom. The lowest BCUT2D eigenvalue weighted by molar-refractivity contribution is -0.127. The molecule has 2 aliphatic rings. The summed E-state index contributed by atoms with van der Waals surface area (Å²) in [6.07, 6.45) is 5.88. The third kappa shape index (κ3) is 7.13. The van der Waals surface area contributed by atoms with Crippen LogP contribution in [0.4, 0.5) is 0 Å². The minimum absolute atomic E-state index is 0.0202. The van der Waals surface area contributed by atoms with E-state index in [0.29, 0.717) is 31.1 Å². The van der Waals surface area contributed by atoms with Gasteiger partial charge in [0.25, 0.3) is 0 Å². The Hall–Kier alpha value is -2.28. The molecule has 2 N–H and O–H groups in total. The number of hydrogen-bond acceptors (Lipinski definition) is 4. The fourth-order valence-corrected chi connectivity index (χ4v) is 4.03. The van der Waals surface area contributed by atoms with Gasteiger partial charge < -0.3 is 25.0 Å². The number of likely N-dealkylation sites (N-methyl/N-ethyl adjacent to an activating group) is 1. The van der Waals surface area contributed by atoms with Gasteiger partial charge in [0.1, 0.15) is 11.9 Å². The number of carbonyl (C=O) groups excluding carboxylic acids is 1. The molecule has 31 heavy (non-hydrogen) atoms. The maximum Gasteiger partial charge on any atom is 0.241 e. The molecule has 0 aromatic heterocycles. The molecule has 1 aliphatic heterocycles. The molecule has 0 radical (unpaired) electrons. The molecule has 3 rings (SSSR count). The highest BCUT2D eigenvalue weighted by molar-refractivity contribution is 5.86. The van der Waals surface area contributed by atoms with Crippen LogP contribution in [-0.4, -0.2) is 62.8 Å². The van der Waals surface area contributed by atoms with Crippen LogP contribution >= 0.6 is 0 Å². The highest BCUT2D eigenvalue weighted by Crippen LogP contribution is 2.25. The summed E-state index contributed by atoms with van der Waals surface area (Å²) in [6.45, 7) is 6.44. The monoisotopic (exact) mass is 430 g/mol. The number of aryl methyl sites for hydroxylation is 1. The van der Waals surface area contributed by atoms with Crippen LogP contribution in [0.5, 0.6) is 5.75 Å². The van der Waals surface area contributed by atoms with Gasteiger partial charge in [-0.05, 0) is 37.3 Å². The summed E-state index contributed by atoms with van der Waals surface area (Å²) in [4.78, 5) is 18.5. The van der Waals surface area contributed by atoms with E-state index in [2.05, 4.69) is 42.7 Å². The normalized spacial score (nSPS) is 24.0. The summed E-state index contributed by atoms with van der Waals surface area (Å²) in [6, 6.07) is 6.61. The van der Waals surface area contributed by atoms with Gasteiger partial charge in [-0.1, -0.05) is 31.9 Å². The average molecular weight is 431 g/mol. The second-order valence-corrected chi connectivity index (χ2v) is 9.03. The standard InChI is InChI=1S/C24H38N4O3/c1-17-9-10-19(22(13-17)31-20-11-12-30-16-20)14-25-24(26-15-23(29)28(3)4)27-21-8-6-5-7-18(21)2/h9-10,13,18,20-21H,5-8,11-12,14-16H2,1-4H3,(H2,25,26,27). The molecule has 1 amide bonds. The van der Waals surface area contributed by atoms with Crippen LogP contribution in [-0.2, 0) is 16.1 Å². The highest BCUT2D eigenvalue weighted by Gasteiger charge is 2.23. The predicted octanol–water partition coefficient (Wildman–Crippen LogP) is 2.86. The maximum atomic E-state index is 12.1. The fraction of sp³-hybridized carbons (Fsp3) is 0.667. The summed E-state index contributed by atoms with van der Waals surface area (Å²) in [5.74, 6) is 2.16. The summed E-state index contributed by atoms with van der Waals surface area (Å²) in [7, 11) is 3.53. The second-order valence-electron chi connectivity index (χ2n) is 9.03. The van der Waals surface area contributed by atoms with E-state index in [1.54, 1.807) is 19.0 Å². The number of amides is 1. The molecule has 2 fully saturated rings. The SMILES string of the molecule is Cc1ccc(CN=C(NCC(=O)N(C)C)NC2CCCCC2C)c(OC2CCOC2)c1. The number of nitrogens with zero attached hydrogens (tertiary/aromatic N) is 2. The molecule has 7 nitrogen and oxygen atoms in total. The van der Waals surface area contributed by atoms with Gasteiger partial charge in [0.2, 0.25) is 5.91 Å². The van der Waals surface area contributed by atoms with Gasteiger partial charge in [-0.25, -0.2) is 4.99 Å². The van der Waals surface area contributed by atoms with Gasteiger partial charge in [-0.15, -0.1) is 0 Å². The first-order chi connectivity index (χ1) is 14.9. The number of nitrogens with one attached hydrogen (secondary N) is 2. The van der Waals surface area contributed by atoms with Crippen molar-refractivity contribution in [3.8, 4) is 5.75 Å². The van der Waals surface area contributed by atoms with Crippen LogP contribution in [0.15, 0.2) is 23.2 Å². The third-order valence-electron chi connectivity index (χ3n) is 6.15. The van der Waals surface area contributed by atoms with Crippen molar-refractivity contribution in [3.05, 3.63) is 29.3 Å². The molecule has 3 unspecified atom stereocenters. The van der Waals surface area contributed by atoms with Gasteiger partial charge in [-0.3, -0.25) is 4.79 Å². The lowest BCUT2D eigenvalue weighted by atomic mass is 9.86. The second kappa shape index (κ2) is 11.4. The van der Waals surface area contributed by atoms with Crippen molar-refractivity contribution in [2.45, 2.75) is 64.6 Å². The van der Waals surface area contributed by atoms with E-state index in [4.69, 9.17) is 14.5 Å². The zero-order valence-corrected chi connectivity index (χ0v) is 19.4. The zero-order chi connectivity index (χ0) is 22.2. The molecular formula is C24H38N4O3. The Morgan fingerprint density at radius 1 is 1.26 bits per heavy atom. The van der Waals surface area contributed by atoms with Crippen LogP contribution in [0.25, 0.3) is 0 Å². The van der Waals surface area contributed by atoms with E-state index in [0.717, 1.165) is 36.3 Å². The Balaban J connectivity index is 1.73. The first-order valence-corrected chi connectivity index (χ1v) is 11.5. The Labute approximate surface area is 186 Å². The van der Waals surface area contributed by atoms with Crippen LogP contribution in [0.3, 0.4) is 0 Å². The number of benzene rings is 1. The predicted molar refractivity (Wildman–Crippen MR) is 123 cm³/mol. The highest BCUT2D eigenvalue weighted by atomic mass is 16.5. The lowest BCUT2D eigenvalue weighted by Gasteiger charge is -2.31. The van der Waals surface area contributed by atoms with Crippen molar-refractivity contribution < 1.29 is 14.3 Å². The summed E-state index contributed by atoms with van der Waals surface area (Å²) in [5.41, 5.74) is 2.19. The molecule has 172 valence electrons. The average Bonchev–Trinajstić information content (AvgIpc) is 3.25. The first kappa shape index (κ1) is 23.4. The molecule has 1 aromatic rings. The smallest absolute Gasteiger partial charge is 0.241 e. The topological polar surface area (TPSA) is 75.2 Å². The Kier molecular flexibility index (Phi) is 8.58. The third-order valence-corrected chi connectivity index (χ3v) is 6.15. The van der Waals surface area contributed by atoms with E-state index < -0.39 is 0 Å². The molecule has 0 bridgehead atoms. The number of carbonyl (C=O) groups is 1. The minimum Gasteiger partial charge on any atom is -0.488 e. The van der Waals surface area contributed by atoms with Crippen LogP contribution < -0.4 is 15.4 Å².